The van der Waals surface area contributed by atoms with E-state index in [1.165, 1.54) is 10.5 Å². The van der Waals surface area contributed by atoms with Crippen molar-refractivity contribution < 1.29 is 14.6 Å². The fraction of sp³-hybridized carbons (Fsp3) is 0.421. The lowest BCUT2D eigenvalue weighted by molar-refractivity contribution is 0.155. The molecule has 0 radical (unpaired) electrons. The fourth-order valence-corrected chi connectivity index (χ4v) is 3.18. The number of aromatic nitrogens is 2. The van der Waals surface area contributed by atoms with E-state index in [0.29, 0.717) is 49.5 Å². The van der Waals surface area contributed by atoms with E-state index in [1.54, 1.807) is 0 Å². The lowest BCUT2D eigenvalue weighted by Gasteiger charge is -2.14. The Balaban J connectivity index is 1.63. The van der Waals surface area contributed by atoms with E-state index in [4.69, 9.17) is 15.6 Å². The topological polar surface area (TPSA) is 114 Å². The SMILES string of the molecule is CCOc1nc(C)c(N)c(NCc2ccc(C3CCN(C(=O)O)C3)cc2)n1. The molecule has 1 amide bonds. The van der Waals surface area contributed by atoms with Crippen LogP contribution in [0.25, 0.3) is 0 Å². The van der Waals surface area contributed by atoms with Gasteiger partial charge in [-0.25, -0.2) is 4.79 Å². The van der Waals surface area contributed by atoms with Crippen LogP contribution in [0.1, 0.15) is 36.1 Å². The standard InChI is InChI=1S/C19H25N5O3/c1-3-27-18-22-12(2)16(20)17(23-18)21-10-13-4-6-14(7-5-13)15-8-9-24(11-15)19(25)26/h4-7,15H,3,8-11,20H2,1-2H3,(H,25,26)(H,21,22,23). The van der Waals surface area contributed by atoms with E-state index in [9.17, 15) is 4.79 Å². The number of hydrogen-bond donors (Lipinski definition) is 3. The molecule has 3 rings (SSSR count). The molecule has 8 heteroatoms. The molecular weight excluding hydrogens is 346 g/mol. The molecule has 0 spiro atoms. The van der Waals surface area contributed by atoms with Gasteiger partial charge in [-0.05, 0) is 31.4 Å². The van der Waals surface area contributed by atoms with E-state index < -0.39 is 6.09 Å². The summed E-state index contributed by atoms with van der Waals surface area (Å²) in [6.07, 6.45) is 0.0170. The monoisotopic (exact) mass is 371 g/mol. The molecule has 0 saturated carbocycles. The van der Waals surface area contributed by atoms with Crippen molar-refractivity contribution in [3.63, 3.8) is 0 Å². The molecule has 8 nitrogen and oxygen atoms in total. The summed E-state index contributed by atoms with van der Waals surface area (Å²) in [6, 6.07) is 8.52. The van der Waals surface area contributed by atoms with Crippen molar-refractivity contribution in [1.29, 1.82) is 0 Å². The van der Waals surface area contributed by atoms with Gasteiger partial charge in [-0.1, -0.05) is 24.3 Å². The quantitative estimate of drug-likeness (QED) is 0.715. The van der Waals surface area contributed by atoms with Crippen LogP contribution in [-0.2, 0) is 6.54 Å². The first kappa shape index (κ1) is 18.8. The minimum atomic E-state index is -0.845. The number of rotatable bonds is 6. The molecule has 2 heterocycles. The second-order valence-corrected chi connectivity index (χ2v) is 6.60. The summed E-state index contributed by atoms with van der Waals surface area (Å²) in [6.45, 7) is 5.91. The Morgan fingerprint density at radius 1 is 1.37 bits per heavy atom. The Hall–Kier alpha value is -3.03. The molecule has 2 aromatic rings. The zero-order chi connectivity index (χ0) is 19.4. The Labute approximate surface area is 158 Å². The predicted molar refractivity (Wildman–Crippen MR) is 103 cm³/mol. The molecule has 1 atom stereocenters. The number of carbonyl (C=O) groups is 1. The zero-order valence-electron chi connectivity index (χ0n) is 15.6. The number of aryl methyl sites for hydroxylation is 1. The van der Waals surface area contributed by atoms with E-state index in [2.05, 4.69) is 27.4 Å². The van der Waals surface area contributed by atoms with Gasteiger partial charge >= 0.3 is 12.1 Å². The van der Waals surface area contributed by atoms with Crippen LogP contribution < -0.4 is 15.8 Å². The molecule has 1 fully saturated rings. The Bertz CT molecular complexity index is 810. The van der Waals surface area contributed by atoms with Crippen molar-refractivity contribution in [2.75, 3.05) is 30.7 Å². The number of amides is 1. The Kier molecular flexibility index (Phi) is 5.63. The van der Waals surface area contributed by atoms with Crippen LogP contribution in [0.4, 0.5) is 16.3 Å². The molecule has 1 unspecified atom stereocenters. The average Bonchev–Trinajstić information content (AvgIpc) is 3.14. The maximum Gasteiger partial charge on any atom is 0.407 e. The van der Waals surface area contributed by atoms with Crippen LogP contribution >= 0.6 is 0 Å². The summed E-state index contributed by atoms with van der Waals surface area (Å²) in [5.74, 6) is 0.819. The van der Waals surface area contributed by atoms with Crippen LogP contribution in [0.2, 0.25) is 0 Å². The minimum Gasteiger partial charge on any atom is -0.465 e. The first-order valence-electron chi connectivity index (χ1n) is 9.05. The summed E-state index contributed by atoms with van der Waals surface area (Å²) in [5, 5.41) is 12.3. The lowest BCUT2D eigenvalue weighted by atomic mass is 9.97. The van der Waals surface area contributed by atoms with Gasteiger partial charge in [0.25, 0.3) is 0 Å². The van der Waals surface area contributed by atoms with Gasteiger partial charge in [0, 0.05) is 25.6 Å². The molecule has 1 aliphatic heterocycles. The molecular formula is C19H25N5O3. The largest absolute Gasteiger partial charge is 0.465 e. The second kappa shape index (κ2) is 8.11. The highest BCUT2D eigenvalue weighted by Crippen LogP contribution is 2.28. The molecule has 0 bridgehead atoms. The number of nitrogen functional groups attached to an aromatic ring is 1. The lowest BCUT2D eigenvalue weighted by Crippen LogP contribution is -2.26. The van der Waals surface area contributed by atoms with Gasteiger partial charge in [0.05, 0.1) is 18.0 Å². The summed E-state index contributed by atoms with van der Waals surface area (Å²) < 4.78 is 5.37. The first-order valence-corrected chi connectivity index (χ1v) is 9.05. The average molecular weight is 371 g/mol. The molecule has 1 saturated heterocycles. The van der Waals surface area contributed by atoms with Crippen molar-refractivity contribution in [1.82, 2.24) is 14.9 Å². The van der Waals surface area contributed by atoms with Crippen molar-refractivity contribution in [2.45, 2.75) is 32.7 Å². The molecule has 1 aromatic heterocycles. The highest BCUT2D eigenvalue weighted by molar-refractivity contribution is 5.65. The summed E-state index contributed by atoms with van der Waals surface area (Å²) in [4.78, 5) is 21.0. The molecule has 1 aliphatic rings. The highest BCUT2D eigenvalue weighted by Gasteiger charge is 2.26. The third-order valence-electron chi connectivity index (χ3n) is 4.76. The van der Waals surface area contributed by atoms with E-state index >= 15 is 0 Å². The smallest absolute Gasteiger partial charge is 0.407 e. The van der Waals surface area contributed by atoms with E-state index in [0.717, 1.165) is 12.0 Å². The van der Waals surface area contributed by atoms with Gasteiger partial charge in [-0.3, -0.25) is 0 Å². The first-order chi connectivity index (χ1) is 13.0. The van der Waals surface area contributed by atoms with Crippen molar-refractivity contribution in [2.24, 2.45) is 0 Å². The van der Waals surface area contributed by atoms with Crippen molar-refractivity contribution in [3.8, 4) is 6.01 Å². The predicted octanol–water partition coefficient (Wildman–Crippen LogP) is 2.85. The Morgan fingerprint density at radius 3 is 2.74 bits per heavy atom. The van der Waals surface area contributed by atoms with Crippen LogP contribution in [0, 0.1) is 6.92 Å². The van der Waals surface area contributed by atoms with Crippen molar-refractivity contribution >= 4 is 17.6 Å². The second-order valence-electron chi connectivity index (χ2n) is 6.60. The summed E-state index contributed by atoms with van der Waals surface area (Å²) in [7, 11) is 0. The number of hydrogen-bond acceptors (Lipinski definition) is 6. The molecule has 144 valence electrons. The molecule has 4 N–H and O–H groups in total. The van der Waals surface area contributed by atoms with Gasteiger partial charge in [-0.2, -0.15) is 9.97 Å². The number of nitrogens with two attached hydrogens (primary N) is 1. The molecule has 1 aromatic carbocycles. The van der Waals surface area contributed by atoms with Gasteiger partial charge in [0.1, 0.15) is 0 Å². The summed E-state index contributed by atoms with van der Waals surface area (Å²) in [5.41, 5.74) is 9.49. The third-order valence-corrected chi connectivity index (χ3v) is 4.76. The van der Waals surface area contributed by atoms with Gasteiger partial charge in [0.2, 0.25) is 0 Å². The fourth-order valence-electron chi connectivity index (χ4n) is 3.18. The van der Waals surface area contributed by atoms with Crippen LogP contribution in [0.5, 0.6) is 6.01 Å². The van der Waals surface area contributed by atoms with E-state index in [1.807, 2.05) is 26.0 Å². The summed E-state index contributed by atoms with van der Waals surface area (Å²) >= 11 is 0. The van der Waals surface area contributed by atoms with Crippen molar-refractivity contribution in [3.05, 3.63) is 41.1 Å². The van der Waals surface area contributed by atoms with Crippen LogP contribution in [-0.4, -0.2) is 45.8 Å². The minimum absolute atomic E-state index is 0.261. The van der Waals surface area contributed by atoms with Gasteiger partial charge < -0.3 is 25.8 Å². The normalized spacial score (nSPS) is 16.4. The maximum absolute atomic E-state index is 11.1. The number of benzene rings is 1. The molecule has 0 aliphatic carbocycles. The third kappa shape index (κ3) is 4.39. The number of ether oxygens (including phenoxy) is 1. The number of anilines is 2. The number of carboxylic acid groups (broad SMARTS) is 1. The van der Waals surface area contributed by atoms with Gasteiger partial charge in [-0.15, -0.1) is 0 Å². The van der Waals surface area contributed by atoms with Crippen LogP contribution in [0.15, 0.2) is 24.3 Å². The van der Waals surface area contributed by atoms with E-state index in [-0.39, 0.29) is 5.92 Å². The number of likely N-dealkylation sites (tertiary alicyclic amines) is 1. The highest BCUT2D eigenvalue weighted by atomic mass is 16.5. The zero-order valence-corrected chi connectivity index (χ0v) is 15.6. The maximum atomic E-state index is 11.1. The van der Waals surface area contributed by atoms with Crippen LogP contribution in [0.3, 0.4) is 0 Å². The number of nitrogens with one attached hydrogen (secondary N) is 1. The number of nitrogens with zero attached hydrogens (tertiary/aromatic N) is 3. The molecule has 27 heavy (non-hydrogen) atoms. The Morgan fingerprint density at radius 2 is 2.11 bits per heavy atom. The van der Waals surface area contributed by atoms with Gasteiger partial charge in [0.15, 0.2) is 5.82 Å².